The van der Waals surface area contributed by atoms with Gasteiger partial charge in [-0.3, -0.25) is 15.0 Å². The molecule has 0 saturated heterocycles. The number of hydrazine groups is 1. The number of para-hydroxylation sites is 1. The first-order valence-electron chi connectivity index (χ1n) is 10.4. The van der Waals surface area contributed by atoms with Gasteiger partial charge in [0, 0.05) is 11.3 Å². The molecule has 32 heavy (non-hydrogen) atoms. The number of aryl methyl sites for hydroxylation is 2. The van der Waals surface area contributed by atoms with Crippen molar-refractivity contribution < 1.29 is 14.3 Å². The molecule has 162 valence electrons. The van der Waals surface area contributed by atoms with E-state index in [0.29, 0.717) is 23.5 Å². The lowest BCUT2D eigenvalue weighted by molar-refractivity contribution is 0.0490. The van der Waals surface area contributed by atoms with Crippen molar-refractivity contribution in [2.24, 2.45) is 0 Å². The number of hydrogen-bond donors (Lipinski definition) is 2. The van der Waals surface area contributed by atoms with Gasteiger partial charge in [-0.15, -0.1) is 0 Å². The molecule has 3 aromatic rings. The molecule has 0 bridgehead atoms. The first-order chi connectivity index (χ1) is 15.5. The highest BCUT2D eigenvalue weighted by atomic mass is 16.5. The van der Waals surface area contributed by atoms with Gasteiger partial charge in [0.15, 0.2) is 0 Å². The van der Waals surface area contributed by atoms with Crippen LogP contribution in [-0.4, -0.2) is 23.4 Å². The van der Waals surface area contributed by atoms with E-state index in [9.17, 15) is 9.59 Å². The van der Waals surface area contributed by atoms with E-state index in [1.165, 1.54) is 5.01 Å². The minimum atomic E-state index is -0.544. The molecule has 0 aromatic heterocycles. The summed E-state index contributed by atoms with van der Waals surface area (Å²) < 4.78 is 5.47. The SMILES string of the molecule is C=CCOc1ccc(C(=O)NN2C(=O)c3ccccc3N[C@H]2c2ccc(C)cc2C)cc1. The van der Waals surface area contributed by atoms with Crippen molar-refractivity contribution in [1.29, 1.82) is 0 Å². The summed E-state index contributed by atoms with van der Waals surface area (Å²) in [4.78, 5) is 26.4. The van der Waals surface area contributed by atoms with E-state index in [-0.39, 0.29) is 11.8 Å². The van der Waals surface area contributed by atoms with Gasteiger partial charge in [0.2, 0.25) is 0 Å². The van der Waals surface area contributed by atoms with Gasteiger partial charge in [0.25, 0.3) is 11.8 Å². The molecule has 6 nitrogen and oxygen atoms in total. The van der Waals surface area contributed by atoms with Crippen LogP contribution in [0.1, 0.15) is 43.6 Å². The topological polar surface area (TPSA) is 70.7 Å². The molecule has 0 radical (unpaired) electrons. The zero-order valence-corrected chi connectivity index (χ0v) is 18.1. The summed E-state index contributed by atoms with van der Waals surface area (Å²) in [6.45, 7) is 8.02. The molecule has 3 aromatic carbocycles. The van der Waals surface area contributed by atoms with E-state index in [1.807, 2.05) is 38.1 Å². The van der Waals surface area contributed by atoms with E-state index < -0.39 is 6.17 Å². The number of benzene rings is 3. The maximum Gasteiger partial charge on any atom is 0.276 e. The third kappa shape index (κ3) is 4.21. The van der Waals surface area contributed by atoms with Gasteiger partial charge in [0.05, 0.1) is 5.56 Å². The summed E-state index contributed by atoms with van der Waals surface area (Å²) in [7, 11) is 0. The molecule has 2 N–H and O–H groups in total. The highest BCUT2D eigenvalue weighted by Gasteiger charge is 2.35. The zero-order valence-electron chi connectivity index (χ0n) is 18.1. The Balaban J connectivity index is 1.65. The normalized spacial score (nSPS) is 14.9. The number of anilines is 1. The molecule has 0 saturated carbocycles. The molecule has 4 rings (SSSR count). The third-order valence-corrected chi connectivity index (χ3v) is 5.35. The van der Waals surface area contributed by atoms with Gasteiger partial charge in [-0.05, 0) is 61.4 Å². The Bertz CT molecular complexity index is 1170. The standard InChI is InChI=1S/C26H25N3O3/c1-4-15-32-20-12-10-19(11-13-20)25(30)28-29-24(21-14-9-17(2)16-18(21)3)27-23-8-6-5-7-22(23)26(29)31/h4-14,16,24,27H,1,15H2,2-3H3,(H,28,30)/t24-/m1/s1. The molecule has 1 heterocycles. The predicted octanol–water partition coefficient (Wildman–Crippen LogP) is 4.78. The molecule has 0 unspecified atom stereocenters. The van der Waals surface area contributed by atoms with Crippen LogP contribution in [0.5, 0.6) is 5.75 Å². The van der Waals surface area contributed by atoms with Crippen LogP contribution in [-0.2, 0) is 0 Å². The van der Waals surface area contributed by atoms with Crippen LogP contribution in [0.3, 0.4) is 0 Å². The number of rotatable bonds is 6. The summed E-state index contributed by atoms with van der Waals surface area (Å²) in [6, 6.07) is 20.1. The average Bonchev–Trinajstić information content (AvgIpc) is 2.80. The minimum absolute atomic E-state index is 0.274. The minimum Gasteiger partial charge on any atom is -0.490 e. The van der Waals surface area contributed by atoms with Crippen molar-refractivity contribution in [2.45, 2.75) is 20.0 Å². The van der Waals surface area contributed by atoms with Crippen LogP contribution < -0.4 is 15.5 Å². The van der Waals surface area contributed by atoms with Crippen LogP contribution in [0.4, 0.5) is 5.69 Å². The Kier molecular flexibility index (Phi) is 5.94. The number of hydrogen-bond acceptors (Lipinski definition) is 4. The highest BCUT2D eigenvalue weighted by molar-refractivity contribution is 6.04. The third-order valence-electron chi connectivity index (χ3n) is 5.35. The second-order valence-electron chi connectivity index (χ2n) is 7.69. The quantitative estimate of drug-likeness (QED) is 0.556. The van der Waals surface area contributed by atoms with Crippen LogP contribution in [0.15, 0.2) is 79.4 Å². The largest absolute Gasteiger partial charge is 0.490 e. The number of carbonyl (C=O) groups excluding carboxylic acids is 2. The van der Waals surface area contributed by atoms with Crippen molar-refractivity contribution in [3.8, 4) is 5.75 Å². The van der Waals surface area contributed by atoms with Crippen LogP contribution in [0, 0.1) is 13.8 Å². The van der Waals surface area contributed by atoms with Crippen molar-refractivity contribution >= 4 is 17.5 Å². The summed E-state index contributed by atoms with van der Waals surface area (Å²) >= 11 is 0. The Morgan fingerprint density at radius 3 is 2.59 bits per heavy atom. The number of carbonyl (C=O) groups is 2. The lowest BCUT2D eigenvalue weighted by atomic mass is 10.00. The Morgan fingerprint density at radius 1 is 1.12 bits per heavy atom. The number of nitrogens with zero attached hydrogens (tertiary/aromatic N) is 1. The van der Waals surface area contributed by atoms with Crippen molar-refractivity contribution in [3.05, 3.63) is 107 Å². The molecule has 1 aliphatic rings. The molecule has 0 fully saturated rings. The fourth-order valence-electron chi connectivity index (χ4n) is 3.75. The van der Waals surface area contributed by atoms with Gasteiger partial charge in [-0.1, -0.05) is 48.6 Å². The van der Waals surface area contributed by atoms with E-state index in [0.717, 1.165) is 22.4 Å². The number of ether oxygens (including phenoxy) is 1. The molecule has 6 heteroatoms. The predicted molar refractivity (Wildman–Crippen MR) is 124 cm³/mol. The van der Waals surface area contributed by atoms with Crippen LogP contribution >= 0.6 is 0 Å². The maximum absolute atomic E-state index is 13.4. The van der Waals surface area contributed by atoms with Gasteiger partial charge >= 0.3 is 0 Å². The van der Waals surface area contributed by atoms with Crippen LogP contribution in [0.2, 0.25) is 0 Å². The number of fused-ring (bicyclic) bond motifs is 1. The van der Waals surface area contributed by atoms with Crippen molar-refractivity contribution in [2.75, 3.05) is 11.9 Å². The van der Waals surface area contributed by atoms with E-state index in [4.69, 9.17) is 4.74 Å². The lowest BCUT2D eigenvalue weighted by Gasteiger charge is -2.38. The van der Waals surface area contributed by atoms with Gasteiger partial charge < -0.3 is 10.1 Å². The van der Waals surface area contributed by atoms with E-state index >= 15 is 0 Å². The van der Waals surface area contributed by atoms with E-state index in [2.05, 4.69) is 23.4 Å². The van der Waals surface area contributed by atoms with E-state index in [1.54, 1.807) is 42.5 Å². The Labute approximate surface area is 187 Å². The van der Waals surface area contributed by atoms with Crippen molar-refractivity contribution in [1.82, 2.24) is 10.4 Å². The molecule has 0 aliphatic carbocycles. The molecule has 1 atom stereocenters. The molecule has 2 amide bonds. The van der Waals surface area contributed by atoms with Gasteiger partial charge in [0.1, 0.15) is 18.5 Å². The fourth-order valence-corrected chi connectivity index (χ4v) is 3.75. The summed E-state index contributed by atoms with van der Waals surface area (Å²) in [6.07, 6.45) is 1.11. The maximum atomic E-state index is 13.4. The molecule has 0 spiro atoms. The molecular formula is C26H25N3O3. The van der Waals surface area contributed by atoms with Crippen molar-refractivity contribution in [3.63, 3.8) is 0 Å². The lowest BCUT2D eigenvalue weighted by Crippen LogP contribution is -2.53. The smallest absolute Gasteiger partial charge is 0.276 e. The average molecular weight is 428 g/mol. The fraction of sp³-hybridized carbons (Fsp3) is 0.154. The number of amides is 2. The summed E-state index contributed by atoms with van der Waals surface area (Å²) in [5.41, 5.74) is 7.52. The van der Waals surface area contributed by atoms with Crippen LogP contribution in [0.25, 0.3) is 0 Å². The van der Waals surface area contributed by atoms with Gasteiger partial charge in [-0.25, -0.2) is 5.01 Å². The first kappa shape index (κ1) is 21.2. The Morgan fingerprint density at radius 2 is 1.88 bits per heavy atom. The van der Waals surface area contributed by atoms with Gasteiger partial charge in [-0.2, -0.15) is 0 Å². The molecular weight excluding hydrogens is 402 g/mol. The second kappa shape index (κ2) is 8.98. The monoisotopic (exact) mass is 427 g/mol. The second-order valence-corrected chi connectivity index (χ2v) is 7.69. The number of nitrogens with one attached hydrogen (secondary N) is 2. The summed E-state index contributed by atoms with van der Waals surface area (Å²) in [5, 5.41) is 4.77. The zero-order chi connectivity index (χ0) is 22.7. The Hall–Kier alpha value is -4.06. The first-order valence-corrected chi connectivity index (χ1v) is 10.4. The molecule has 1 aliphatic heterocycles. The summed E-state index contributed by atoms with van der Waals surface area (Å²) in [5.74, 6) is -0.0209. The highest BCUT2D eigenvalue weighted by Crippen LogP contribution is 2.33.